The van der Waals surface area contributed by atoms with Crippen molar-refractivity contribution in [3.8, 4) is 6.19 Å². The Morgan fingerprint density at radius 1 is 1.31 bits per heavy atom. The van der Waals surface area contributed by atoms with Crippen molar-refractivity contribution in [3.63, 3.8) is 0 Å². The van der Waals surface area contributed by atoms with Gasteiger partial charge in [-0.05, 0) is 19.1 Å². The van der Waals surface area contributed by atoms with Crippen molar-refractivity contribution < 1.29 is 0 Å². The first-order valence-electron chi connectivity index (χ1n) is 4.64. The minimum absolute atomic E-state index is 0.879. The second-order valence-corrected chi connectivity index (χ2v) is 3.87. The molecule has 1 heterocycles. The summed E-state index contributed by atoms with van der Waals surface area (Å²) in [6, 6.07) is 0. The van der Waals surface area contributed by atoms with Gasteiger partial charge in [0.05, 0.1) is 0 Å². The van der Waals surface area contributed by atoms with Gasteiger partial charge in [0.1, 0.15) is 0 Å². The van der Waals surface area contributed by atoms with Crippen LogP contribution in [0.25, 0.3) is 0 Å². The summed E-state index contributed by atoms with van der Waals surface area (Å²) >= 11 is 1.56. The first kappa shape index (κ1) is 10.4. The molecular formula is C9H15N3S. The number of likely N-dealkylation sites (tertiary alicyclic amines) is 1. The molecule has 13 heavy (non-hydrogen) atoms. The maximum atomic E-state index is 8.49. The van der Waals surface area contributed by atoms with Gasteiger partial charge in [-0.3, -0.25) is 0 Å². The Morgan fingerprint density at radius 2 is 1.92 bits per heavy atom. The third-order valence-electron chi connectivity index (χ3n) is 2.20. The molecule has 0 radical (unpaired) electrons. The summed E-state index contributed by atoms with van der Waals surface area (Å²) in [4.78, 5) is 6.04. The molecule has 1 aliphatic heterocycles. The Bertz CT molecular complexity index is 211. The lowest BCUT2D eigenvalue weighted by Crippen LogP contribution is -2.29. The van der Waals surface area contributed by atoms with Crippen LogP contribution >= 0.6 is 11.8 Å². The minimum Gasteiger partial charge on any atom is -0.351 e. The summed E-state index contributed by atoms with van der Waals surface area (Å²) in [5.41, 5.74) is 0. The van der Waals surface area contributed by atoms with Crippen LogP contribution in [0.4, 0.5) is 0 Å². The summed E-state index contributed by atoms with van der Waals surface area (Å²) < 4.78 is 0. The van der Waals surface area contributed by atoms with Gasteiger partial charge in [-0.1, -0.05) is 24.6 Å². The molecule has 0 amide bonds. The Balaban J connectivity index is 2.56. The molecule has 1 saturated heterocycles. The summed E-state index contributed by atoms with van der Waals surface area (Å²) in [6.45, 7) is 2.11. The number of rotatable bonds is 0. The topological polar surface area (TPSA) is 39.4 Å². The molecule has 0 aromatic carbocycles. The first-order valence-corrected chi connectivity index (χ1v) is 5.86. The van der Waals surface area contributed by atoms with E-state index in [1.165, 1.54) is 25.7 Å². The maximum absolute atomic E-state index is 8.49. The zero-order valence-corrected chi connectivity index (χ0v) is 8.81. The van der Waals surface area contributed by atoms with Gasteiger partial charge >= 0.3 is 0 Å². The lowest BCUT2D eigenvalue weighted by molar-refractivity contribution is 0.443. The standard InChI is InChI=1S/C9H15N3S/c1-13-9(11-8-10)12-6-4-2-3-5-7-12/h2-7H2,1H3. The number of aliphatic imine (C=N–C) groups is 1. The lowest BCUT2D eigenvalue weighted by Gasteiger charge is -2.21. The fourth-order valence-electron chi connectivity index (χ4n) is 1.55. The van der Waals surface area contributed by atoms with Gasteiger partial charge in [0.25, 0.3) is 0 Å². The predicted molar refractivity (Wildman–Crippen MR) is 56.6 cm³/mol. The molecule has 0 atom stereocenters. The van der Waals surface area contributed by atoms with Crippen LogP contribution < -0.4 is 0 Å². The van der Waals surface area contributed by atoms with E-state index in [4.69, 9.17) is 5.26 Å². The molecule has 0 aromatic rings. The van der Waals surface area contributed by atoms with E-state index in [0.717, 1.165) is 18.3 Å². The molecule has 1 fully saturated rings. The average Bonchev–Trinajstić information content (AvgIpc) is 2.42. The molecule has 4 heteroatoms. The van der Waals surface area contributed by atoms with Gasteiger partial charge in [-0.2, -0.15) is 5.26 Å². The number of amidine groups is 1. The van der Waals surface area contributed by atoms with E-state index in [1.807, 2.05) is 12.4 Å². The van der Waals surface area contributed by atoms with Crippen molar-refractivity contribution in [1.29, 1.82) is 5.26 Å². The number of thioether (sulfide) groups is 1. The largest absolute Gasteiger partial charge is 0.351 e. The van der Waals surface area contributed by atoms with E-state index in [1.54, 1.807) is 11.8 Å². The molecule has 0 bridgehead atoms. The lowest BCUT2D eigenvalue weighted by atomic mass is 10.2. The van der Waals surface area contributed by atoms with Gasteiger partial charge in [-0.15, -0.1) is 4.99 Å². The number of nitrogens with zero attached hydrogens (tertiary/aromatic N) is 3. The smallest absolute Gasteiger partial charge is 0.208 e. The predicted octanol–water partition coefficient (Wildman–Crippen LogP) is 2.06. The van der Waals surface area contributed by atoms with Gasteiger partial charge < -0.3 is 4.90 Å². The van der Waals surface area contributed by atoms with Gasteiger partial charge in [0.15, 0.2) is 5.17 Å². The van der Waals surface area contributed by atoms with Crippen LogP contribution in [0.3, 0.4) is 0 Å². The van der Waals surface area contributed by atoms with E-state index in [9.17, 15) is 0 Å². The third kappa shape index (κ3) is 3.27. The molecule has 0 unspecified atom stereocenters. The normalized spacial score (nSPS) is 19.4. The maximum Gasteiger partial charge on any atom is 0.208 e. The zero-order chi connectivity index (χ0) is 9.52. The van der Waals surface area contributed by atoms with Crippen LogP contribution in [0.15, 0.2) is 4.99 Å². The summed E-state index contributed by atoms with van der Waals surface area (Å²) in [5.74, 6) is 0. The highest BCUT2D eigenvalue weighted by molar-refractivity contribution is 8.13. The van der Waals surface area contributed by atoms with Crippen molar-refractivity contribution in [2.24, 2.45) is 4.99 Å². The number of hydrogen-bond acceptors (Lipinski definition) is 3. The zero-order valence-electron chi connectivity index (χ0n) is 7.99. The highest BCUT2D eigenvalue weighted by Gasteiger charge is 2.12. The molecule has 1 rings (SSSR count). The average molecular weight is 197 g/mol. The summed E-state index contributed by atoms with van der Waals surface area (Å²) in [7, 11) is 0. The van der Waals surface area contributed by atoms with Crippen LogP contribution in [-0.4, -0.2) is 29.4 Å². The fourth-order valence-corrected chi connectivity index (χ4v) is 2.12. The monoisotopic (exact) mass is 197 g/mol. The molecule has 3 nitrogen and oxygen atoms in total. The number of hydrogen-bond donors (Lipinski definition) is 0. The third-order valence-corrected chi connectivity index (χ3v) is 2.92. The van der Waals surface area contributed by atoms with Crippen molar-refractivity contribution in [2.45, 2.75) is 25.7 Å². The van der Waals surface area contributed by atoms with Gasteiger partial charge in [0, 0.05) is 13.1 Å². The van der Waals surface area contributed by atoms with E-state index < -0.39 is 0 Å². The van der Waals surface area contributed by atoms with Gasteiger partial charge in [-0.25, -0.2) is 0 Å². The second-order valence-electron chi connectivity index (χ2n) is 3.10. The van der Waals surface area contributed by atoms with Crippen LogP contribution in [0.2, 0.25) is 0 Å². The van der Waals surface area contributed by atoms with Crippen LogP contribution in [0, 0.1) is 11.5 Å². The molecule has 0 spiro atoms. The minimum atomic E-state index is 0.879. The molecule has 0 aromatic heterocycles. The second kappa shape index (κ2) is 5.87. The van der Waals surface area contributed by atoms with E-state index in [2.05, 4.69) is 9.89 Å². The SMILES string of the molecule is CSC(=NC#N)N1CCCCCC1. The highest BCUT2D eigenvalue weighted by atomic mass is 32.2. The van der Waals surface area contributed by atoms with Crippen molar-refractivity contribution in [2.75, 3.05) is 19.3 Å². The highest BCUT2D eigenvalue weighted by Crippen LogP contribution is 2.14. The quantitative estimate of drug-likeness (QED) is 0.339. The van der Waals surface area contributed by atoms with Crippen LogP contribution in [-0.2, 0) is 0 Å². The first-order chi connectivity index (χ1) is 6.38. The Kier molecular flexibility index (Phi) is 4.69. The Labute approximate surface area is 83.8 Å². The van der Waals surface area contributed by atoms with Crippen LogP contribution in [0.5, 0.6) is 0 Å². The number of nitriles is 1. The Morgan fingerprint density at radius 3 is 2.38 bits per heavy atom. The molecule has 0 N–H and O–H groups in total. The molecule has 0 saturated carbocycles. The molecule has 1 aliphatic rings. The van der Waals surface area contributed by atoms with E-state index >= 15 is 0 Å². The van der Waals surface area contributed by atoms with Crippen molar-refractivity contribution in [3.05, 3.63) is 0 Å². The summed E-state index contributed by atoms with van der Waals surface area (Å²) in [5, 5.41) is 9.37. The van der Waals surface area contributed by atoms with Crippen LogP contribution in [0.1, 0.15) is 25.7 Å². The Hall–Kier alpha value is -0.690. The molecular weight excluding hydrogens is 182 g/mol. The van der Waals surface area contributed by atoms with Crippen molar-refractivity contribution in [1.82, 2.24) is 4.90 Å². The molecule has 72 valence electrons. The van der Waals surface area contributed by atoms with E-state index in [-0.39, 0.29) is 0 Å². The summed E-state index contributed by atoms with van der Waals surface area (Å²) in [6.07, 6.45) is 8.91. The van der Waals surface area contributed by atoms with E-state index in [0.29, 0.717) is 0 Å². The van der Waals surface area contributed by atoms with Crippen molar-refractivity contribution >= 4 is 16.9 Å². The van der Waals surface area contributed by atoms with Gasteiger partial charge in [0.2, 0.25) is 6.19 Å². The fraction of sp³-hybridized carbons (Fsp3) is 0.778. The molecule has 0 aliphatic carbocycles.